The van der Waals surface area contributed by atoms with Crippen molar-refractivity contribution in [3.8, 4) is 28.7 Å². The predicted molar refractivity (Wildman–Crippen MR) is 158 cm³/mol. The number of amides is 2. The molecule has 0 atom stereocenters. The first kappa shape index (κ1) is 27.0. The molecule has 3 aliphatic rings. The van der Waals surface area contributed by atoms with Crippen LogP contribution in [0.25, 0.3) is 10.9 Å². The minimum atomic E-state index is -1.19. The van der Waals surface area contributed by atoms with Gasteiger partial charge in [0, 0.05) is 29.7 Å². The zero-order valence-electron chi connectivity index (χ0n) is 23.6. The molecule has 10 heteroatoms. The molecule has 9 nitrogen and oxygen atoms in total. The fourth-order valence-electron chi connectivity index (χ4n) is 5.06. The summed E-state index contributed by atoms with van der Waals surface area (Å²) in [4.78, 5) is 30.5. The molecule has 0 unspecified atom stereocenters. The van der Waals surface area contributed by atoms with Crippen LogP contribution in [-0.2, 0) is 9.59 Å². The normalized spacial score (nSPS) is 16.3. The zero-order valence-corrected chi connectivity index (χ0v) is 23.6. The van der Waals surface area contributed by atoms with E-state index in [1.54, 1.807) is 30.5 Å². The van der Waals surface area contributed by atoms with E-state index in [9.17, 15) is 9.59 Å². The van der Waals surface area contributed by atoms with Crippen LogP contribution in [0.4, 0.5) is 15.8 Å². The summed E-state index contributed by atoms with van der Waals surface area (Å²) >= 11 is 0. The van der Waals surface area contributed by atoms with Gasteiger partial charge in [0.05, 0.1) is 17.5 Å². The number of carbonyl (C=O) groups excluding carboxylic acids is 2. The molecule has 2 N–H and O–H groups in total. The van der Waals surface area contributed by atoms with E-state index >= 15 is 4.39 Å². The number of aryl methyl sites for hydroxylation is 1. The molecule has 0 bridgehead atoms. The number of carbonyl (C=O) groups is 2. The van der Waals surface area contributed by atoms with Crippen LogP contribution in [0.5, 0.6) is 28.7 Å². The Balaban J connectivity index is 1.09. The van der Waals surface area contributed by atoms with E-state index in [2.05, 4.69) is 15.6 Å². The first-order valence-corrected chi connectivity index (χ1v) is 14.4. The van der Waals surface area contributed by atoms with E-state index in [0.29, 0.717) is 78.2 Å². The van der Waals surface area contributed by atoms with Crippen molar-refractivity contribution in [2.75, 3.05) is 30.5 Å². The van der Waals surface area contributed by atoms with Crippen molar-refractivity contribution >= 4 is 34.1 Å². The Labute approximate surface area is 247 Å². The Hall–Kier alpha value is -4.86. The van der Waals surface area contributed by atoms with E-state index in [-0.39, 0.29) is 17.3 Å². The van der Waals surface area contributed by atoms with E-state index in [1.165, 1.54) is 18.2 Å². The molecule has 0 spiro atoms. The number of rotatable bonds is 9. The molecule has 220 valence electrons. The predicted octanol–water partition coefficient (Wildman–Crippen LogP) is 6.39. The van der Waals surface area contributed by atoms with E-state index in [0.717, 1.165) is 18.4 Å². The van der Waals surface area contributed by atoms with Crippen molar-refractivity contribution in [1.29, 1.82) is 0 Å². The highest BCUT2D eigenvalue weighted by Crippen LogP contribution is 2.50. The SMILES string of the molecule is Cc1ccc(NC(=O)C2(C(=O)Nc3ccc(Oc4ccnc5cc(OCC6CC6)c6c(c45)OCCO6)c(F)c3)CC2)cc1. The summed E-state index contributed by atoms with van der Waals surface area (Å²) in [5.41, 5.74) is 1.28. The van der Waals surface area contributed by atoms with Gasteiger partial charge in [-0.15, -0.1) is 0 Å². The lowest BCUT2D eigenvalue weighted by molar-refractivity contribution is -0.131. The second kappa shape index (κ2) is 10.8. The maximum atomic E-state index is 15.3. The number of hydrogen-bond acceptors (Lipinski definition) is 7. The average Bonchev–Trinajstić information content (AvgIpc) is 3.94. The fraction of sp³-hybridized carbons (Fsp3) is 0.303. The second-order valence-electron chi connectivity index (χ2n) is 11.3. The zero-order chi connectivity index (χ0) is 29.6. The number of fused-ring (bicyclic) bond motifs is 3. The van der Waals surface area contributed by atoms with Crippen molar-refractivity contribution in [2.24, 2.45) is 11.3 Å². The van der Waals surface area contributed by atoms with Gasteiger partial charge in [-0.25, -0.2) is 4.39 Å². The molecule has 1 aliphatic heterocycles. The molecular formula is C33H30FN3O6. The molecule has 0 radical (unpaired) electrons. The topological polar surface area (TPSA) is 108 Å². The average molecular weight is 584 g/mol. The molecule has 2 fully saturated rings. The first-order valence-electron chi connectivity index (χ1n) is 14.4. The number of nitrogens with zero attached hydrogens (tertiary/aromatic N) is 1. The van der Waals surface area contributed by atoms with Gasteiger partial charge in [-0.1, -0.05) is 17.7 Å². The lowest BCUT2D eigenvalue weighted by Crippen LogP contribution is -2.35. The van der Waals surface area contributed by atoms with Crippen LogP contribution >= 0.6 is 0 Å². The molecule has 43 heavy (non-hydrogen) atoms. The summed E-state index contributed by atoms with van der Waals surface area (Å²) in [5, 5.41) is 6.06. The van der Waals surface area contributed by atoms with Gasteiger partial charge in [-0.3, -0.25) is 14.6 Å². The molecular weight excluding hydrogens is 553 g/mol. The Bertz CT molecular complexity index is 1730. The summed E-state index contributed by atoms with van der Waals surface area (Å²) in [5.74, 6) is 0.780. The van der Waals surface area contributed by atoms with Gasteiger partial charge in [0.15, 0.2) is 23.1 Å². The van der Waals surface area contributed by atoms with Crippen molar-refractivity contribution in [2.45, 2.75) is 32.6 Å². The Kier molecular flexibility index (Phi) is 6.76. The largest absolute Gasteiger partial charge is 0.489 e. The smallest absolute Gasteiger partial charge is 0.240 e. The van der Waals surface area contributed by atoms with Crippen LogP contribution in [0.2, 0.25) is 0 Å². The molecule has 2 heterocycles. The molecule has 2 saturated carbocycles. The molecule has 3 aromatic carbocycles. The fourth-order valence-corrected chi connectivity index (χ4v) is 5.06. The van der Waals surface area contributed by atoms with Gasteiger partial charge >= 0.3 is 0 Å². The molecule has 7 rings (SSSR count). The van der Waals surface area contributed by atoms with Crippen molar-refractivity contribution in [3.05, 3.63) is 72.2 Å². The number of nitrogens with one attached hydrogen (secondary N) is 2. The third kappa shape index (κ3) is 5.40. The summed E-state index contributed by atoms with van der Waals surface area (Å²) in [6.07, 6.45) is 4.71. The van der Waals surface area contributed by atoms with Crippen LogP contribution in [0.3, 0.4) is 0 Å². The number of halogens is 1. The third-order valence-corrected chi connectivity index (χ3v) is 7.95. The third-order valence-electron chi connectivity index (χ3n) is 7.95. The minimum absolute atomic E-state index is 0.0525. The standard InChI is InChI=1S/C33H30FN3O6/c1-19-2-6-21(7-3-19)36-31(38)33(11-12-33)32(39)37-22-8-9-25(23(34)16-22)43-26-10-13-35-24-17-27(42-18-20-4-5-20)29-30(28(24)26)41-15-14-40-29/h2-3,6-10,13,16-17,20H,4-5,11-12,14-15,18H2,1H3,(H,36,38)(H,37,39). The maximum Gasteiger partial charge on any atom is 0.240 e. The molecule has 0 saturated heterocycles. The molecule has 1 aromatic heterocycles. The van der Waals surface area contributed by atoms with Crippen molar-refractivity contribution < 1.29 is 32.9 Å². The van der Waals surface area contributed by atoms with Crippen molar-refractivity contribution in [1.82, 2.24) is 4.98 Å². The van der Waals surface area contributed by atoms with Gasteiger partial charge in [-0.05, 0) is 68.9 Å². The molecule has 2 amide bonds. The highest BCUT2D eigenvalue weighted by Gasteiger charge is 2.56. The van der Waals surface area contributed by atoms with Gasteiger partial charge in [0.2, 0.25) is 17.6 Å². The first-order chi connectivity index (χ1) is 20.9. The number of anilines is 2. The Morgan fingerprint density at radius 3 is 2.30 bits per heavy atom. The van der Waals surface area contributed by atoms with E-state index in [4.69, 9.17) is 18.9 Å². The number of pyridine rings is 1. The number of benzene rings is 3. The summed E-state index contributed by atoms with van der Waals surface area (Å²) in [7, 11) is 0. The summed E-state index contributed by atoms with van der Waals surface area (Å²) in [6.45, 7) is 3.28. The van der Waals surface area contributed by atoms with Gasteiger partial charge in [-0.2, -0.15) is 0 Å². The van der Waals surface area contributed by atoms with Crippen molar-refractivity contribution in [3.63, 3.8) is 0 Å². The van der Waals surface area contributed by atoms with Gasteiger partial charge < -0.3 is 29.6 Å². The van der Waals surface area contributed by atoms with Crippen LogP contribution in [-0.4, -0.2) is 36.6 Å². The quantitative estimate of drug-likeness (QED) is 0.220. The molecule has 2 aliphatic carbocycles. The van der Waals surface area contributed by atoms with E-state index < -0.39 is 17.1 Å². The second-order valence-corrected chi connectivity index (χ2v) is 11.3. The number of ether oxygens (including phenoxy) is 4. The highest BCUT2D eigenvalue weighted by molar-refractivity contribution is 6.16. The monoisotopic (exact) mass is 583 g/mol. The lowest BCUT2D eigenvalue weighted by Gasteiger charge is -2.23. The highest BCUT2D eigenvalue weighted by atomic mass is 19.1. The van der Waals surface area contributed by atoms with E-state index in [1.807, 2.05) is 19.1 Å². The number of hydrogen-bond donors (Lipinski definition) is 2. The van der Waals surface area contributed by atoms with Gasteiger partial charge in [0.1, 0.15) is 24.4 Å². The maximum absolute atomic E-state index is 15.3. The van der Waals surface area contributed by atoms with Crippen LogP contribution in [0.15, 0.2) is 60.8 Å². The van der Waals surface area contributed by atoms with Gasteiger partial charge in [0.25, 0.3) is 0 Å². The van der Waals surface area contributed by atoms with Crippen LogP contribution in [0, 0.1) is 24.1 Å². The minimum Gasteiger partial charge on any atom is -0.489 e. The summed E-state index contributed by atoms with van der Waals surface area (Å²) < 4.78 is 39.2. The number of aromatic nitrogens is 1. The Morgan fingerprint density at radius 2 is 1.60 bits per heavy atom. The molecule has 4 aromatic rings. The van der Waals surface area contributed by atoms with Crippen LogP contribution in [0.1, 0.15) is 31.2 Å². The summed E-state index contributed by atoms with van der Waals surface area (Å²) in [6, 6.07) is 14.9. The van der Waals surface area contributed by atoms with Crippen LogP contribution < -0.4 is 29.6 Å². The Morgan fingerprint density at radius 1 is 0.907 bits per heavy atom. The lowest BCUT2D eigenvalue weighted by atomic mass is 10.0.